The van der Waals surface area contributed by atoms with Crippen molar-refractivity contribution >= 4 is 0 Å². The van der Waals surface area contributed by atoms with Gasteiger partial charge in [-0.3, -0.25) is 0 Å². The summed E-state index contributed by atoms with van der Waals surface area (Å²) in [6.45, 7) is 5.28. The Balaban J connectivity index is 1.59. The van der Waals surface area contributed by atoms with Gasteiger partial charge in [-0.1, -0.05) is 13.3 Å². The summed E-state index contributed by atoms with van der Waals surface area (Å²) in [5, 5.41) is 3.79. The first-order valence-corrected chi connectivity index (χ1v) is 6.69. The van der Waals surface area contributed by atoms with E-state index in [2.05, 4.69) is 19.2 Å². The number of ether oxygens (including phenoxy) is 1. The minimum absolute atomic E-state index is 0.552. The molecule has 2 saturated carbocycles. The standard InChI is InChI=1S/C13H25NO/c1-3-10-5-6-11(7-10)14-12-8-13(9-12)15-4-2/h10-14H,3-9H2,1-2H3. The summed E-state index contributed by atoms with van der Waals surface area (Å²) < 4.78 is 5.57. The minimum Gasteiger partial charge on any atom is -0.378 e. The van der Waals surface area contributed by atoms with Crippen LogP contribution in [0, 0.1) is 5.92 Å². The lowest BCUT2D eigenvalue weighted by molar-refractivity contribution is -0.0123. The molecule has 0 aromatic heterocycles. The Hall–Kier alpha value is -0.0800. The molecule has 2 unspecified atom stereocenters. The molecule has 0 radical (unpaired) electrons. The quantitative estimate of drug-likeness (QED) is 0.755. The zero-order valence-electron chi connectivity index (χ0n) is 10.2. The summed E-state index contributed by atoms with van der Waals surface area (Å²) in [7, 11) is 0. The SMILES string of the molecule is CCOC1CC(NC2CCC(CC)C2)C1. The maximum Gasteiger partial charge on any atom is 0.0604 e. The van der Waals surface area contributed by atoms with Gasteiger partial charge in [-0.15, -0.1) is 0 Å². The lowest BCUT2D eigenvalue weighted by Gasteiger charge is -2.37. The summed E-state index contributed by atoms with van der Waals surface area (Å²) in [6.07, 6.45) is 8.64. The highest BCUT2D eigenvalue weighted by atomic mass is 16.5. The van der Waals surface area contributed by atoms with Crippen molar-refractivity contribution in [3.8, 4) is 0 Å². The zero-order valence-corrected chi connectivity index (χ0v) is 10.2. The third kappa shape index (κ3) is 2.94. The molecule has 0 amide bonds. The van der Waals surface area contributed by atoms with E-state index in [1.807, 2.05) is 0 Å². The van der Waals surface area contributed by atoms with Crippen molar-refractivity contribution < 1.29 is 4.74 Å². The van der Waals surface area contributed by atoms with Crippen LogP contribution in [0.4, 0.5) is 0 Å². The number of nitrogens with one attached hydrogen (secondary N) is 1. The predicted molar refractivity (Wildman–Crippen MR) is 63.0 cm³/mol. The Morgan fingerprint density at radius 1 is 1.07 bits per heavy atom. The van der Waals surface area contributed by atoms with Crippen molar-refractivity contribution in [2.24, 2.45) is 5.92 Å². The molecule has 2 rings (SSSR count). The summed E-state index contributed by atoms with van der Waals surface area (Å²) in [4.78, 5) is 0. The lowest BCUT2D eigenvalue weighted by atomic mass is 9.88. The van der Waals surface area contributed by atoms with Crippen LogP contribution in [0.25, 0.3) is 0 Å². The highest BCUT2D eigenvalue weighted by Crippen LogP contribution is 2.31. The van der Waals surface area contributed by atoms with E-state index in [1.165, 1.54) is 38.5 Å². The Labute approximate surface area is 93.8 Å². The molecule has 2 nitrogen and oxygen atoms in total. The predicted octanol–water partition coefficient (Wildman–Crippen LogP) is 2.72. The average Bonchev–Trinajstić information content (AvgIpc) is 2.62. The van der Waals surface area contributed by atoms with Gasteiger partial charge in [0.15, 0.2) is 0 Å². The third-order valence-corrected chi connectivity index (χ3v) is 4.09. The second kappa shape index (κ2) is 5.31. The van der Waals surface area contributed by atoms with Crippen LogP contribution in [0.3, 0.4) is 0 Å². The molecular weight excluding hydrogens is 186 g/mol. The van der Waals surface area contributed by atoms with Gasteiger partial charge in [0.05, 0.1) is 6.10 Å². The van der Waals surface area contributed by atoms with Crippen LogP contribution in [0.2, 0.25) is 0 Å². The number of hydrogen-bond acceptors (Lipinski definition) is 2. The van der Waals surface area contributed by atoms with Crippen molar-refractivity contribution in [2.45, 2.75) is 70.6 Å². The molecule has 2 aliphatic rings. The molecule has 2 aliphatic carbocycles. The van der Waals surface area contributed by atoms with Gasteiger partial charge in [0, 0.05) is 18.7 Å². The molecule has 0 aromatic carbocycles. The zero-order chi connectivity index (χ0) is 10.7. The molecule has 2 fully saturated rings. The van der Waals surface area contributed by atoms with Gasteiger partial charge in [0.2, 0.25) is 0 Å². The molecule has 1 N–H and O–H groups in total. The van der Waals surface area contributed by atoms with Gasteiger partial charge in [-0.2, -0.15) is 0 Å². The second-order valence-electron chi connectivity index (χ2n) is 5.20. The van der Waals surface area contributed by atoms with Crippen molar-refractivity contribution in [1.29, 1.82) is 0 Å². The summed E-state index contributed by atoms with van der Waals surface area (Å²) in [6, 6.07) is 1.56. The van der Waals surface area contributed by atoms with E-state index in [0.717, 1.165) is 24.6 Å². The fourth-order valence-corrected chi connectivity index (χ4v) is 3.00. The third-order valence-electron chi connectivity index (χ3n) is 4.09. The van der Waals surface area contributed by atoms with Crippen molar-refractivity contribution in [3.63, 3.8) is 0 Å². The molecule has 0 bridgehead atoms. The first kappa shape index (κ1) is 11.4. The molecule has 2 atom stereocenters. The van der Waals surface area contributed by atoms with Crippen LogP contribution < -0.4 is 5.32 Å². The Kier molecular flexibility index (Phi) is 4.04. The molecule has 88 valence electrons. The van der Waals surface area contributed by atoms with Gasteiger partial charge in [-0.25, -0.2) is 0 Å². The Morgan fingerprint density at radius 2 is 1.87 bits per heavy atom. The fourth-order valence-electron chi connectivity index (χ4n) is 3.00. The van der Waals surface area contributed by atoms with Gasteiger partial charge >= 0.3 is 0 Å². The Bertz CT molecular complexity index is 189. The smallest absolute Gasteiger partial charge is 0.0604 e. The summed E-state index contributed by atoms with van der Waals surface area (Å²) >= 11 is 0. The van der Waals surface area contributed by atoms with Gasteiger partial charge < -0.3 is 10.1 Å². The molecule has 0 aliphatic heterocycles. The van der Waals surface area contributed by atoms with Crippen LogP contribution in [0.5, 0.6) is 0 Å². The van der Waals surface area contributed by atoms with Gasteiger partial charge in [-0.05, 0) is 44.9 Å². The molecule has 0 aromatic rings. The maximum absolute atomic E-state index is 5.57. The van der Waals surface area contributed by atoms with E-state index >= 15 is 0 Å². The normalized spacial score (nSPS) is 40.4. The molecule has 15 heavy (non-hydrogen) atoms. The first-order valence-electron chi connectivity index (χ1n) is 6.69. The summed E-state index contributed by atoms with van der Waals surface area (Å²) in [5.74, 6) is 0.991. The number of hydrogen-bond donors (Lipinski definition) is 1. The van der Waals surface area contributed by atoms with E-state index in [1.54, 1.807) is 0 Å². The largest absolute Gasteiger partial charge is 0.378 e. The van der Waals surface area contributed by atoms with E-state index < -0.39 is 0 Å². The second-order valence-corrected chi connectivity index (χ2v) is 5.20. The van der Waals surface area contributed by atoms with Crippen LogP contribution >= 0.6 is 0 Å². The van der Waals surface area contributed by atoms with Gasteiger partial charge in [0.1, 0.15) is 0 Å². The highest BCUT2D eigenvalue weighted by molar-refractivity contribution is 4.90. The maximum atomic E-state index is 5.57. The molecule has 0 heterocycles. The molecule has 0 spiro atoms. The van der Waals surface area contributed by atoms with E-state index in [-0.39, 0.29) is 0 Å². The molecule has 0 saturated heterocycles. The van der Waals surface area contributed by atoms with Crippen LogP contribution in [-0.2, 0) is 4.74 Å². The van der Waals surface area contributed by atoms with Crippen LogP contribution in [0.1, 0.15) is 52.4 Å². The topological polar surface area (TPSA) is 21.3 Å². The first-order chi connectivity index (χ1) is 7.31. The highest BCUT2D eigenvalue weighted by Gasteiger charge is 2.33. The fraction of sp³-hybridized carbons (Fsp3) is 1.00. The van der Waals surface area contributed by atoms with Crippen molar-refractivity contribution in [2.75, 3.05) is 6.61 Å². The van der Waals surface area contributed by atoms with Crippen molar-refractivity contribution in [3.05, 3.63) is 0 Å². The number of rotatable bonds is 5. The van der Waals surface area contributed by atoms with Gasteiger partial charge in [0.25, 0.3) is 0 Å². The minimum atomic E-state index is 0.552. The van der Waals surface area contributed by atoms with E-state index in [9.17, 15) is 0 Å². The summed E-state index contributed by atoms with van der Waals surface area (Å²) in [5.41, 5.74) is 0. The molecule has 2 heteroatoms. The molecular formula is C13H25NO. The average molecular weight is 211 g/mol. The van der Waals surface area contributed by atoms with E-state index in [0.29, 0.717) is 6.10 Å². The van der Waals surface area contributed by atoms with Crippen molar-refractivity contribution in [1.82, 2.24) is 5.32 Å². The Morgan fingerprint density at radius 3 is 2.47 bits per heavy atom. The van der Waals surface area contributed by atoms with Crippen LogP contribution in [-0.4, -0.2) is 24.8 Å². The monoisotopic (exact) mass is 211 g/mol. The lowest BCUT2D eigenvalue weighted by Crippen LogP contribution is -2.48. The van der Waals surface area contributed by atoms with E-state index in [4.69, 9.17) is 4.74 Å². The van der Waals surface area contributed by atoms with Crippen LogP contribution in [0.15, 0.2) is 0 Å².